The summed E-state index contributed by atoms with van der Waals surface area (Å²) in [5, 5.41) is 4.48. The van der Waals surface area contributed by atoms with E-state index in [1.165, 1.54) is 42.0 Å². The number of fused-ring (bicyclic) bond motifs is 3. The molecule has 1 saturated carbocycles. The number of benzene rings is 2. The van der Waals surface area contributed by atoms with Crippen LogP contribution in [-0.4, -0.2) is 47.6 Å². The Morgan fingerprint density at radius 1 is 1.05 bits per heavy atom. The van der Waals surface area contributed by atoms with Crippen LogP contribution < -0.4 is 5.32 Å². The van der Waals surface area contributed by atoms with Gasteiger partial charge in [0.2, 0.25) is 0 Å². The van der Waals surface area contributed by atoms with Gasteiger partial charge in [0.15, 0.2) is 0 Å². The lowest BCUT2D eigenvalue weighted by Crippen LogP contribution is -2.45. The summed E-state index contributed by atoms with van der Waals surface area (Å²) in [5.41, 5.74) is 6.98. The zero-order valence-electron chi connectivity index (χ0n) is 26.3. The van der Waals surface area contributed by atoms with Crippen molar-refractivity contribution in [2.45, 2.75) is 103 Å². The molecule has 1 aromatic heterocycles. The highest BCUT2D eigenvalue weighted by Gasteiger charge is 2.29. The third kappa shape index (κ3) is 7.53. The van der Waals surface area contributed by atoms with Crippen LogP contribution in [0.4, 0.5) is 8.78 Å². The Morgan fingerprint density at radius 3 is 2.52 bits per heavy atom. The molecule has 44 heavy (non-hydrogen) atoms. The van der Waals surface area contributed by atoms with E-state index in [1.54, 1.807) is 12.1 Å². The SMILES string of the molecule is CCC(F)(F)c1ccc(CCC2CCc3[nH]c4ccc(C(=O)NC5CCN(C/C(C)=C/OC6CC6)CC5)cc4c3CC2)cc1. The highest BCUT2D eigenvalue weighted by Crippen LogP contribution is 2.34. The maximum absolute atomic E-state index is 14.0. The smallest absolute Gasteiger partial charge is 0.273 e. The zero-order valence-corrected chi connectivity index (χ0v) is 26.3. The van der Waals surface area contributed by atoms with E-state index in [-0.39, 0.29) is 23.9 Å². The number of carbonyl (C=O) groups is 1. The molecule has 2 N–H and O–H groups in total. The zero-order chi connectivity index (χ0) is 30.7. The first-order valence-corrected chi connectivity index (χ1v) is 16.7. The van der Waals surface area contributed by atoms with Crippen molar-refractivity contribution in [2.75, 3.05) is 19.6 Å². The fourth-order valence-corrected chi connectivity index (χ4v) is 6.87. The van der Waals surface area contributed by atoms with Crippen molar-refractivity contribution in [2.24, 2.45) is 5.92 Å². The number of nitrogens with zero attached hydrogens (tertiary/aromatic N) is 1. The standard InChI is InChI=1S/C37H47F2N3O2/c1-3-37(38,39)29-11-6-26(7-12-29)4-5-27-8-15-32-33-22-28(10-17-35(33)41-34(32)16-9-27)36(43)40-30-18-20-42(21-19-30)23-25(2)24-44-31-13-14-31/h6-7,10-12,17,22,24,27,30-31,41H,3-5,8-9,13-16,18-21,23H2,1-2H3,(H,40,43)/b25-24+. The molecule has 2 fully saturated rings. The number of likely N-dealkylation sites (tertiary alicyclic amines) is 1. The minimum Gasteiger partial charge on any atom is -0.498 e. The van der Waals surface area contributed by atoms with E-state index in [4.69, 9.17) is 4.74 Å². The third-order valence-electron chi connectivity index (χ3n) is 9.91. The highest BCUT2D eigenvalue weighted by molar-refractivity contribution is 5.99. The summed E-state index contributed by atoms with van der Waals surface area (Å²) in [6.07, 6.45) is 12.6. The number of ether oxygens (including phenoxy) is 1. The number of amides is 1. The number of hydrogen-bond donors (Lipinski definition) is 2. The topological polar surface area (TPSA) is 57.4 Å². The largest absolute Gasteiger partial charge is 0.498 e. The number of halogens is 2. The first-order valence-electron chi connectivity index (χ1n) is 16.7. The lowest BCUT2D eigenvalue weighted by atomic mass is 9.91. The van der Waals surface area contributed by atoms with Gasteiger partial charge < -0.3 is 15.0 Å². The first-order chi connectivity index (χ1) is 21.3. The molecule has 1 aliphatic heterocycles. The number of H-pyrrole nitrogens is 1. The number of aromatic nitrogens is 1. The molecular weight excluding hydrogens is 556 g/mol. The van der Waals surface area contributed by atoms with Gasteiger partial charge in [0.25, 0.3) is 11.8 Å². The van der Waals surface area contributed by atoms with Crippen molar-refractivity contribution in [1.29, 1.82) is 0 Å². The van der Waals surface area contributed by atoms with Gasteiger partial charge in [-0.2, -0.15) is 0 Å². The lowest BCUT2D eigenvalue weighted by molar-refractivity contribution is -0.00830. The second-order valence-corrected chi connectivity index (χ2v) is 13.4. The van der Waals surface area contributed by atoms with E-state index >= 15 is 0 Å². The van der Waals surface area contributed by atoms with Crippen molar-refractivity contribution >= 4 is 16.8 Å². The van der Waals surface area contributed by atoms with E-state index in [0.29, 0.717) is 12.0 Å². The number of aryl methyl sites for hydroxylation is 3. The first kappa shape index (κ1) is 30.8. The van der Waals surface area contributed by atoms with Crippen LogP contribution in [0.3, 0.4) is 0 Å². The van der Waals surface area contributed by atoms with E-state index < -0.39 is 5.92 Å². The highest BCUT2D eigenvalue weighted by atomic mass is 19.3. The summed E-state index contributed by atoms with van der Waals surface area (Å²) < 4.78 is 33.7. The molecule has 236 valence electrons. The van der Waals surface area contributed by atoms with Crippen molar-refractivity contribution in [3.63, 3.8) is 0 Å². The van der Waals surface area contributed by atoms with Gasteiger partial charge in [-0.25, -0.2) is 8.78 Å². The van der Waals surface area contributed by atoms with Gasteiger partial charge in [-0.05, 0) is 112 Å². The van der Waals surface area contributed by atoms with Crippen LogP contribution in [0.5, 0.6) is 0 Å². The van der Waals surface area contributed by atoms with Crippen LogP contribution in [0.25, 0.3) is 10.9 Å². The van der Waals surface area contributed by atoms with E-state index in [1.807, 2.05) is 24.5 Å². The fourth-order valence-electron chi connectivity index (χ4n) is 6.87. The maximum atomic E-state index is 14.0. The molecule has 5 nitrogen and oxygen atoms in total. The molecule has 6 rings (SSSR count). The Bertz CT molecular complexity index is 1470. The van der Waals surface area contributed by atoms with Crippen LogP contribution in [0, 0.1) is 5.92 Å². The van der Waals surface area contributed by atoms with Crippen molar-refractivity contribution < 1.29 is 18.3 Å². The normalized spacial score (nSPS) is 20.4. The molecule has 2 aliphatic carbocycles. The van der Waals surface area contributed by atoms with Crippen LogP contribution in [0.1, 0.15) is 98.0 Å². The molecule has 1 atom stereocenters. The summed E-state index contributed by atoms with van der Waals surface area (Å²) >= 11 is 0. The average molecular weight is 604 g/mol. The van der Waals surface area contributed by atoms with E-state index in [2.05, 4.69) is 34.3 Å². The molecule has 1 saturated heterocycles. The Kier molecular flexibility index (Phi) is 9.41. The number of rotatable bonds is 11. The number of hydrogen-bond acceptors (Lipinski definition) is 3. The third-order valence-corrected chi connectivity index (χ3v) is 9.91. The maximum Gasteiger partial charge on any atom is 0.273 e. The summed E-state index contributed by atoms with van der Waals surface area (Å²) in [4.78, 5) is 19.4. The predicted octanol–water partition coefficient (Wildman–Crippen LogP) is 8.07. The van der Waals surface area contributed by atoms with Gasteiger partial charge in [-0.3, -0.25) is 9.69 Å². The Hall–Kier alpha value is -3.19. The van der Waals surface area contributed by atoms with Crippen molar-refractivity contribution in [3.8, 4) is 0 Å². The Balaban J connectivity index is 1.00. The number of alkyl halides is 2. The average Bonchev–Trinajstić information content (AvgIpc) is 3.83. The van der Waals surface area contributed by atoms with Crippen LogP contribution in [-0.2, 0) is 29.9 Å². The molecule has 7 heteroatoms. The summed E-state index contributed by atoms with van der Waals surface area (Å²) in [6.45, 7) is 6.54. The van der Waals surface area contributed by atoms with Gasteiger partial charge in [-0.15, -0.1) is 0 Å². The Labute approximate surface area is 260 Å². The molecular formula is C37H47F2N3O2. The summed E-state index contributed by atoms with van der Waals surface area (Å²) in [5.74, 6) is -2.15. The molecule has 0 radical (unpaired) electrons. The molecule has 3 aromatic rings. The second-order valence-electron chi connectivity index (χ2n) is 13.4. The summed E-state index contributed by atoms with van der Waals surface area (Å²) in [7, 11) is 0. The number of carbonyl (C=O) groups excluding carboxylic acids is 1. The van der Waals surface area contributed by atoms with Gasteiger partial charge in [0, 0.05) is 59.8 Å². The van der Waals surface area contributed by atoms with E-state index in [0.717, 1.165) is 87.6 Å². The predicted molar refractivity (Wildman–Crippen MR) is 172 cm³/mol. The van der Waals surface area contributed by atoms with Gasteiger partial charge in [-0.1, -0.05) is 31.2 Å². The molecule has 0 spiro atoms. The van der Waals surface area contributed by atoms with E-state index in [9.17, 15) is 13.6 Å². The van der Waals surface area contributed by atoms with Gasteiger partial charge in [0.05, 0.1) is 12.4 Å². The van der Waals surface area contributed by atoms with Gasteiger partial charge in [0.1, 0.15) is 0 Å². The monoisotopic (exact) mass is 603 g/mol. The quantitative estimate of drug-likeness (QED) is 0.172. The molecule has 2 aromatic carbocycles. The van der Waals surface area contributed by atoms with Crippen molar-refractivity contribution in [1.82, 2.24) is 15.2 Å². The van der Waals surface area contributed by atoms with Crippen LogP contribution in [0.15, 0.2) is 54.3 Å². The van der Waals surface area contributed by atoms with Crippen molar-refractivity contribution in [3.05, 3.63) is 82.2 Å². The fraction of sp³-hybridized carbons (Fsp3) is 0.541. The second kappa shape index (κ2) is 13.4. The number of aromatic amines is 1. The molecule has 3 aliphatic rings. The molecule has 1 unspecified atom stereocenters. The lowest BCUT2D eigenvalue weighted by Gasteiger charge is -2.32. The molecule has 1 amide bonds. The van der Waals surface area contributed by atoms with Crippen LogP contribution in [0.2, 0.25) is 0 Å². The number of piperidine rings is 1. The minimum atomic E-state index is -2.75. The molecule has 2 heterocycles. The number of nitrogens with one attached hydrogen (secondary N) is 2. The van der Waals surface area contributed by atoms with Gasteiger partial charge >= 0.3 is 0 Å². The minimum absolute atomic E-state index is 0.0171. The molecule has 0 bridgehead atoms. The summed E-state index contributed by atoms with van der Waals surface area (Å²) in [6, 6.07) is 13.2. The Morgan fingerprint density at radius 2 is 1.80 bits per heavy atom. The van der Waals surface area contributed by atoms with Crippen LogP contribution >= 0.6 is 0 Å².